The molecular weight excluding hydrogens is 278 g/mol. The molecule has 2 nitrogen and oxygen atoms in total. The third-order valence-electron chi connectivity index (χ3n) is 2.62. The molecule has 1 aromatic rings. The van der Waals surface area contributed by atoms with Crippen LogP contribution in [0.1, 0.15) is 31.4 Å². The molecule has 0 saturated carbocycles. The Morgan fingerprint density at radius 3 is 2.88 bits per heavy atom. The number of nitrogens with one attached hydrogen (secondary N) is 1. The van der Waals surface area contributed by atoms with Crippen LogP contribution < -0.4 is 10.1 Å². The number of halogens is 1. The first-order valence-electron chi connectivity index (χ1n) is 5.90. The molecule has 0 heterocycles. The zero-order chi connectivity index (χ0) is 12.7. The van der Waals surface area contributed by atoms with Gasteiger partial charge in [0.1, 0.15) is 5.75 Å². The highest BCUT2D eigenvalue weighted by Crippen LogP contribution is 2.29. The van der Waals surface area contributed by atoms with Gasteiger partial charge in [-0.3, -0.25) is 0 Å². The van der Waals surface area contributed by atoms with E-state index in [1.165, 1.54) is 5.56 Å². The predicted octanol–water partition coefficient (Wildman–Crippen LogP) is 4.07. The molecule has 0 amide bonds. The molecule has 1 rings (SSSR count). The molecule has 1 atom stereocenters. The van der Waals surface area contributed by atoms with Crippen molar-refractivity contribution in [1.82, 2.24) is 5.32 Å². The van der Waals surface area contributed by atoms with Gasteiger partial charge in [0.15, 0.2) is 0 Å². The van der Waals surface area contributed by atoms with E-state index >= 15 is 0 Å². The molecule has 0 aliphatic carbocycles. The maximum atomic E-state index is 5.27. The number of rotatable bonds is 7. The molecule has 0 spiro atoms. The van der Waals surface area contributed by atoms with Crippen LogP contribution in [0.15, 0.2) is 35.3 Å². The highest BCUT2D eigenvalue weighted by atomic mass is 79.9. The minimum Gasteiger partial charge on any atom is -0.497 e. The lowest BCUT2D eigenvalue weighted by molar-refractivity contribution is 0.412. The highest BCUT2D eigenvalue weighted by molar-refractivity contribution is 9.10. The number of hydrogen-bond acceptors (Lipinski definition) is 2. The minimum absolute atomic E-state index is 0.289. The van der Waals surface area contributed by atoms with Gasteiger partial charge in [0.2, 0.25) is 0 Å². The van der Waals surface area contributed by atoms with Crippen molar-refractivity contribution >= 4 is 15.9 Å². The molecule has 1 unspecified atom stereocenters. The van der Waals surface area contributed by atoms with Crippen molar-refractivity contribution in [1.29, 1.82) is 0 Å². The Balaban J connectivity index is 2.94. The molecule has 94 valence electrons. The Morgan fingerprint density at radius 1 is 1.53 bits per heavy atom. The second kappa shape index (κ2) is 7.51. The normalized spacial score (nSPS) is 12.2. The SMILES string of the molecule is C=CCC(NCCC)c1cc(OC)ccc1Br. The largest absolute Gasteiger partial charge is 0.497 e. The van der Waals surface area contributed by atoms with Gasteiger partial charge in [0.25, 0.3) is 0 Å². The smallest absolute Gasteiger partial charge is 0.119 e. The second-order valence-electron chi connectivity index (χ2n) is 3.92. The van der Waals surface area contributed by atoms with Crippen molar-refractivity contribution in [2.75, 3.05) is 13.7 Å². The summed E-state index contributed by atoms with van der Waals surface area (Å²) < 4.78 is 6.37. The Hall–Kier alpha value is -0.800. The Labute approximate surface area is 112 Å². The average Bonchev–Trinajstić information content (AvgIpc) is 2.35. The van der Waals surface area contributed by atoms with Crippen molar-refractivity contribution in [3.05, 3.63) is 40.9 Å². The molecule has 0 bridgehead atoms. The Bertz CT molecular complexity index is 365. The molecule has 17 heavy (non-hydrogen) atoms. The van der Waals surface area contributed by atoms with Gasteiger partial charge in [0.05, 0.1) is 7.11 Å². The summed E-state index contributed by atoms with van der Waals surface area (Å²) in [6.45, 7) is 6.99. The first-order valence-corrected chi connectivity index (χ1v) is 6.70. The van der Waals surface area contributed by atoms with E-state index in [2.05, 4.69) is 40.8 Å². The summed E-state index contributed by atoms with van der Waals surface area (Å²) in [6, 6.07) is 6.34. The van der Waals surface area contributed by atoms with Crippen molar-refractivity contribution in [3.63, 3.8) is 0 Å². The van der Waals surface area contributed by atoms with Crippen LogP contribution in [0.3, 0.4) is 0 Å². The van der Waals surface area contributed by atoms with Crippen LogP contribution in [0.25, 0.3) is 0 Å². The third-order valence-corrected chi connectivity index (χ3v) is 3.34. The summed E-state index contributed by atoms with van der Waals surface area (Å²) in [5, 5.41) is 3.52. The van der Waals surface area contributed by atoms with Crippen LogP contribution in [0, 0.1) is 0 Å². The average molecular weight is 298 g/mol. The van der Waals surface area contributed by atoms with Crippen LogP contribution in [0.5, 0.6) is 5.75 Å². The maximum Gasteiger partial charge on any atom is 0.119 e. The van der Waals surface area contributed by atoms with Gasteiger partial charge in [-0.15, -0.1) is 6.58 Å². The van der Waals surface area contributed by atoms with Gasteiger partial charge in [-0.05, 0) is 43.1 Å². The molecule has 0 radical (unpaired) electrons. The van der Waals surface area contributed by atoms with E-state index in [1.807, 2.05) is 18.2 Å². The summed E-state index contributed by atoms with van der Waals surface area (Å²) in [5.41, 5.74) is 1.22. The summed E-state index contributed by atoms with van der Waals surface area (Å²) in [7, 11) is 1.69. The first kappa shape index (κ1) is 14.3. The highest BCUT2D eigenvalue weighted by Gasteiger charge is 2.13. The van der Waals surface area contributed by atoms with E-state index in [4.69, 9.17) is 4.74 Å². The quantitative estimate of drug-likeness (QED) is 0.766. The second-order valence-corrected chi connectivity index (χ2v) is 4.77. The Morgan fingerprint density at radius 2 is 2.29 bits per heavy atom. The van der Waals surface area contributed by atoms with Crippen LogP contribution in [-0.4, -0.2) is 13.7 Å². The van der Waals surface area contributed by atoms with E-state index in [0.29, 0.717) is 0 Å². The summed E-state index contributed by atoms with van der Waals surface area (Å²) in [6.07, 6.45) is 3.97. The van der Waals surface area contributed by atoms with Crippen molar-refractivity contribution in [2.45, 2.75) is 25.8 Å². The van der Waals surface area contributed by atoms with Gasteiger partial charge in [0, 0.05) is 10.5 Å². The van der Waals surface area contributed by atoms with Gasteiger partial charge in [-0.2, -0.15) is 0 Å². The summed E-state index contributed by atoms with van der Waals surface area (Å²) in [4.78, 5) is 0. The molecule has 0 aromatic heterocycles. The van der Waals surface area contributed by atoms with E-state index < -0.39 is 0 Å². The molecule has 0 aliphatic heterocycles. The molecular formula is C14H20BrNO. The minimum atomic E-state index is 0.289. The lowest BCUT2D eigenvalue weighted by Crippen LogP contribution is -2.22. The molecule has 0 aliphatic rings. The van der Waals surface area contributed by atoms with Crippen LogP contribution in [0.2, 0.25) is 0 Å². The standard InChI is InChI=1S/C14H20BrNO/c1-4-6-14(16-9-5-2)12-10-11(17-3)7-8-13(12)15/h4,7-8,10,14,16H,1,5-6,9H2,2-3H3. The number of benzene rings is 1. The van der Waals surface area contributed by atoms with Crippen LogP contribution >= 0.6 is 15.9 Å². The van der Waals surface area contributed by atoms with Gasteiger partial charge in [-0.25, -0.2) is 0 Å². The van der Waals surface area contributed by atoms with E-state index in [9.17, 15) is 0 Å². The van der Waals surface area contributed by atoms with E-state index in [-0.39, 0.29) is 6.04 Å². The van der Waals surface area contributed by atoms with Crippen molar-refractivity contribution < 1.29 is 4.74 Å². The number of methoxy groups -OCH3 is 1. The first-order chi connectivity index (χ1) is 8.22. The predicted molar refractivity (Wildman–Crippen MR) is 76.5 cm³/mol. The van der Waals surface area contributed by atoms with Gasteiger partial charge in [-0.1, -0.05) is 28.9 Å². The maximum absolute atomic E-state index is 5.27. The summed E-state index contributed by atoms with van der Waals surface area (Å²) >= 11 is 3.59. The van der Waals surface area contributed by atoms with Crippen molar-refractivity contribution in [2.24, 2.45) is 0 Å². The zero-order valence-corrected chi connectivity index (χ0v) is 12.1. The number of ether oxygens (including phenoxy) is 1. The summed E-state index contributed by atoms with van der Waals surface area (Å²) in [5.74, 6) is 0.885. The fourth-order valence-corrected chi connectivity index (χ4v) is 2.24. The molecule has 1 N–H and O–H groups in total. The lowest BCUT2D eigenvalue weighted by Gasteiger charge is -2.19. The molecule has 1 aromatic carbocycles. The fourth-order valence-electron chi connectivity index (χ4n) is 1.72. The van der Waals surface area contributed by atoms with E-state index in [0.717, 1.165) is 29.6 Å². The van der Waals surface area contributed by atoms with Crippen LogP contribution in [0.4, 0.5) is 0 Å². The molecule has 3 heteroatoms. The monoisotopic (exact) mass is 297 g/mol. The molecule has 0 saturated heterocycles. The van der Waals surface area contributed by atoms with Crippen LogP contribution in [-0.2, 0) is 0 Å². The molecule has 0 fully saturated rings. The topological polar surface area (TPSA) is 21.3 Å². The lowest BCUT2D eigenvalue weighted by atomic mass is 10.0. The number of hydrogen-bond donors (Lipinski definition) is 1. The zero-order valence-electron chi connectivity index (χ0n) is 10.5. The van der Waals surface area contributed by atoms with Gasteiger partial charge < -0.3 is 10.1 Å². The van der Waals surface area contributed by atoms with Gasteiger partial charge >= 0.3 is 0 Å². The van der Waals surface area contributed by atoms with Crippen molar-refractivity contribution in [3.8, 4) is 5.75 Å². The Kier molecular flexibility index (Phi) is 6.30. The third kappa shape index (κ3) is 4.17. The fraction of sp³-hybridized carbons (Fsp3) is 0.429. The van der Waals surface area contributed by atoms with E-state index in [1.54, 1.807) is 7.11 Å².